The molecule has 0 saturated carbocycles. The maximum atomic E-state index is 11.9. The van der Waals surface area contributed by atoms with E-state index >= 15 is 0 Å². The van der Waals surface area contributed by atoms with Crippen LogP contribution in [0.1, 0.15) is 31.1 Å². The van der Waals surface area contributed by atoms with Gasteiger partial charge in [-0.15, -0.1) is 0 Å². The Labute approximate surface area is 111 Å². The number of ether oxygens (including phenoxy) is 1. The monoisotopic (exact) mass is 299 g/mol. The number of rotatable bonds is 4. The van der Waals surface area contributed by atoms with Gasteiger partial charge in [0.15, 0.2) is 0 Å². The van der Waals surface area contributed by atoms with Crippen molar-refractivity contribution in [3.05, 3.63) is 28.2 Å². The number of amides is 1. The van der Waals surface area contributed by atoms with Gasteiger partial charge < -0.3 is 10.1 Å². The Hall–Kier alpha value is -1.03. The van der Waals surface area contributed by atoms with Gasteiger partial charge in [0, 0.05) is 11.6 Å². The number of benzene rings is 1. The molecule has 0 saturated heterocycles. The van der Waals surface area contributed by atoms with Crippen molar-refractivity contribution in [2.45, 2.75) is 26.8 Å². The first kappa shape index (κ1) is 14.0. The third kappa shape index (κ3) is 3.73. The lowest BCUT2D eigenvalue weighted by molar-refractivity contribution is 0.0930. The van der Waals surface area contributed by atoms with E-state index in [1.807, 2.05) is 6.92 Å². The number of hydrogen-bond donors (Lipinski definition) is 1. The number of nitrogens with one attached hydrogen (secondary N) is 1. The number of carbonyl (C=O) groups excluding carboxylic acids is 1. The van der Waals surface area contributed by atoms with Crippen molar-refractivity contribution in [1.82, 2.24) is 5.32 Å². The first-order valence-corrected chi connectivity index (χ1v) is 6.39. The van der Waals surface area contributed by atoms with Gasteiger partial charge in [-0.1, -0.05) is 13.8 Å². The molecule has 94 valence electrons. The Morgan fingerprint density at radius 1 is 1.35 bits per heavy atom. The molecule has 0 spiro atoms. The molecule has 0 fully saturated rings. The fourth-order valence-corrected chi connectivity index (χ4v) is 1.81. The van der Waals surface area contributed by atoms with Crippen molar-refractivity contribution in [3.63, 3.8) is 0 Å². The highest BCUT2D eigenvalue weighted by atomic mass is 79.9. The smallest absolute Gasteiger partial charge is 0.251 e. The van der Waals surface area contributed by atoms with Crippen LogP contribution in [0.2, 0.25) is 0 Å². The zero-order valence-electron chi connectivity index (χ0n) is 10.6. The second kappa shape index (κ2) is 6.05. The van der Waals surface area contributed by atoms with Crippen molar-refractivity contribution < 1.29 is 9.53 Å². The van der Waals surface area contributed by atoms with E-state index in [2.05, 4.69) is 35.1 Å². The minimum absolute atomic E-state index is 0.0606. The standard InChI is InChI=1S/C13H18BrNO2/c1-8(2)9(3)15-13(16)10-5-6-12(17-4)11(14)7-10/h5-9H,1-4H3,(H,15,16). The fraction of sp³-hybridized carbons (Fsp3) is 0.462. The average molecular weight is 300 g/mol. The largest absolute Gasteiger partial charge is 0.496 e. The van der Waals surface area contributed by atoms with Gasteiger partial charge in [0.1, 0.15) is 5.75 Å². The van der Waals surface area contributed by atoms with E-state index in [0.29, 0.717) is 11.5 Å². The van der Waals surface area contributed by atoms with Crippen molar-refractivity contribution in [2.24, 2.45) is 5.92 Å². The van der Waals surface area contributed by atoms with Crippen LogP contribution in [-0.2, 0) is 0 Å². The topological polar surface area (TPSA) is 38.3 Å². The average Bonchev–Trinajstić information content (AvgIpc) is 2.28. The minimum atomic E-state index is -0.0606. The molecule has 1 aromatic carbocycles. The molecule has 17 heavy (non-hydrogen) atoms. The molecule has 0 aliphatic carbocycles. The first-order chi connectivity index (χ1) is 7.95. The van der Waals surface area contributed by atoms with Crippen LogP contribution >= 0.6 is 15.9 Å². The van der Waals surface area contributed by atoms with Crippen molar-refractivity contribution in [1.29, 1.82) is 0 Å². The highest BCUT2D eigenvalue weighted by Crippen LogP contribution is 2.25. The molecule has 0 aromatic heterocycles. The highest BCUT2D eigenvalue weighted by molar-refractivity contribution is 9.10. The predicted molar refractivity (Wildman–Crippen MR) is 72.5 cm³/mol. The summed E-state index contributed by atoms with van der Waals surface area (Å²) >= 11 is 3.37. The van der Waals surface area contributed by atoms with E-state index in [1.54, 1.807) is 25.3 Å². The Balaban J connectivity index is 2.80. The molecule has 0 bridgehead atoms. The van der Waals surface area contributed by atoms with Crippen LogP contribution in [-0.4, -0.2) is 19.1 Å². The van der Waals surface area contributed by atoms with E-state index < -0.39 is 0 Å². The summed E-state index contributed by atoms with van der Waals surface area (Å²) in [6.07, 6.45) is 0. The van der Waals surface area contributed by atoms with Gasteiger partial charge in [0.05, 0.1) is 11.6 Å². The predicted octanol–water partition coefficient (Wildman–Crippen LogP) is 3.23. The number of halogens is 1. The van der Waals surface area contributed by atoms with E-state index in [1.165, 1.54) is 0 Å². The molecule has 0 aliphatic rings. The number of hydrogen-bond acceptors (Lipinski definition) is 2. The van der Waals surface area contributed by atoms with Gasteiger partial charge in [-0.05, 0) is 47.0 Å². The van der Waals surface area contributed by atoms with Crippen LogP contribution in [0.5, 0.6) is 5.75 Å². The van der Waals surface area contributed by atoms with Gasteiger partial charge in [-0.25, -0.2) is 0 Å². The lowest BCUT2D eigenvalue weighted by atomic mass is 10.1. The molecule has 1 N–H and O–H groups in total. The number of methoxy groups -OCH3 is 1. The zero-order valence-corrected chi connectivity index (χ0v) is 12.2. The van der Waals surface area contributed by atoms with Crippen LogP contribution in [0, 0.1) is 5.92 Å². The van der Waals surface area contributed by atoms with Crippen molar-refractivity contribution >= 4 is 21.8 Å². The van der Waals surface area contributed by atoms with E-state index in [4.69, 9.17) is 4.74 Å². The SMILES string of the molecule is COc1ccc(C(=O)NC(C)C(C)C)cc1Br. The van der Waals surface area contributed by atoms with Gasteiger partial charge in [0.2, 0.25) is 0 Å². The Bertz CT molecular complexity index is 404. The Kier molecular flexibility index (Phi) is 5.00. The van der Waals surface area contributed by atoms with E-state index in [0.717, 1.165) is 10.2 Å². The van der Waals surface area contributed by atoms with Crippen LogP contribution in [0.25, 0.3) is 0 Å². The van der Waals surface area contributed by atoms with Crippen LogP contribution in [0.15, 0.2) is 22.7 Å². The summed E-state index contributed by atoms with van der Waals surface area (Å²) < 4.78 is 5.90. The molecule has 0 heterocycles. The van der Waals surface area contributed by atoms with Crippen LogP contribution < -0.4 is 10.1 Å². The zero-order chi connectivity index (χ0) is 13.0. The summed E-state index contributed by atoms with van der Waals surface area (Å²) in [4.78, 5) is 11.9. The second-order valence-electron chi connectivity index (χ2n) is 4.36. The second-order valence-corrected chi connectivity index (χ2v) is 5.21. The first-order valence-electron chi connectivity index (χ1n) is 5.60. The molecule has 0 radical (unpaired) electrons. The van der Waals surface area contributed by atoms with Crippen LogP contribution in [0.3, 0.4) is 0 Å². The van der Waals surface area contributed by atoms with Gasteiger partial charge in [-0.3, -0.25) is 4.79 Å². The molecular formula is C13H18BrNO2. The summed E-state index contributed by atoms with van der Waals surface area (Å²) in [6.45, 7) is 6.16. The lowest BCUT2D eigenvalue weighted by Gasteiger charge is -2.17. The summed E-state index contributed by atoms with van der Waals surface area (Å²) in [5.41, 5.74) is 0.630. The van der Waals surface area contributed by atoms with Crippen molar-refractivity contribution in [3.8, 4) is 5.75 Å². The molecule has 4 heteroatoms. The Morgan fingerprint density at radius 2 is 2.00 bits per heavy atom. The molecule has 1 amide bonds. The van der Waals surface area contributed by atoms with Crippen molar-refractivity contribution in [2.75, 3.05) is 7.11 Å². The molecule has 0 aliphatic heterocycles. The minimum Gasteiger partial charge on any atom is -0.496 e. The maximum Gasteiger partial charge on any atom is 0.251 e. The van der Waals surface area contributed by atoms with Gasteiger partial charge >= 0.3 is 0 Å². The maximum absolute atomic E-state index is 11.9. The van der Waals surface area contributed by atoms with E-state index in [9.17, 15) is 4.79 Å². The Morgan fingerprint density at radius 3 is 2.47 bits per heavy atom. The molecule has 1 unspecified atom stereocenters. The van der Waals surface area contributed by atoms with E-state index in [-0.39, 0.29) is 11.9 Å². The van der Waals surface area contributed by atoms with Gasteiger partial charge in [-0.2, -0.15) is 0 Å². The van der Waals surface area contributed by atoms with Crippen LogP contribution in [0.4, 0.5) is 0 Å². The third-order valence-electron chi connectivity index (χ3n) is 2.77. The molecule has 3 nitrogen and oxygen atoms in total. The molecule has 1 rings (SSSR count). The fourth-order valence-electron chi connectivity index (χ4n) is 1.26. The quantitative estimate of drug-likeness (QED) is 0.927. The molecule has 1 aromatic rings. The lowest BCUT2D eigenvalue weighted by Crippen LogP contribution is -2.36. The highest BCUT2D eigenvalue weighted by Gasteiger charge is 2.13. The molecule has 1 atom stereocenters. The van der Waals surface area contributed by atoms with Gasteiger partial charge in [0.25, 0.3) is 5.91 Å². The summed E-state index contributed by atoms with van der Waals surface area (Å²) in [5.74, 6) is 1.08. The third-order valence-corrected chi connectivity index (χ3v) is 3.39. The summed E-state index contributed by atoms with van der Waals surface area (Å²) in [5, 5.41) is 2.96. The number of carbonyl (C=O) groups is 1. The summed E-state index contributed by atoms with van der Waals surface area (Å²) in [7, 11) is 1.60. The summed E-state index contributed by atoms with van der Waals surface area (Å²) in [6, 6.07) is 5.45. The molecular weight excluding hydrogens is 282 g/mol. The normalized spacial score (nSPS) is 12.4.